The van der Waals surface area contributed by atoms with Crippen molar-refractivity contribution in [2.24, 2.45) is 0 Å². The fourth-order valence-electron chi connectivity index (χ4n) is 2.27. The minimum atomic E-state index is -3.81. The highest BCUT2D eigenvalue weighted by Crippen LogP contribution is 2.24. The monoisotopic (exact) mass is 336 g/mol. The van der Waals surface area contributed by atoms with E-state index in [-0.39, 0.29) is 10.9 Å². The zero-order valence-electron chi connectivity index (χ0n) is 11.7. The second kappa shape index (κ2) is 5.64. The predicted octanol–water partition coefficient (Wildman–Crippen LogP) is 0.212. The average molecular weight is 336 g/mol. The third-order valence-corrected chi connectivity index (χ3v) is 6.49. The lowest BCUT2D eigenvalue weighted by Gasteiger charge is -2.17. The lowest BCUT2D eigenvalue weighted by atomic mass is 10.3. The van der Waals surface area contributed by atoms with Crippen LogP contribution in [0, 0.1) is 5.82 Å². The molecule has 6 nitrogen and oxygen atoms in total. The Morgan fingerprint density at radius 1 is 1.29 bits per heavy atom. The Bertz CT molecular complexity index is 747. The summed E-state index contributed by atoms with van der Waals surface area (Å²) in [5.41, 5.74) is 0. The van der Waals surface area contributed by atoms with E-state index in [4.69, 9.17) is 0 Å². The minimum Gasteiger partial charge on any atom is -0.316 e. The molecule has 1 atom stereocenters. The third-order valence-electron chi connectivity index (χ3n) is 3.50. The van der Waals surface area contributed by atoms with Crippen molar-refractivity contribution in [1.82, 2.24) is 9.62 Å². The van der Waals surface area contributed by atoms with Crippen LogP contribution in [-0.2, 0) is 19.9 Å². The first-order valence-corrected chi connectivity index (χ1v) is 9.66. The molecule has 0 radical (unpaired) electrons. The largest absolute Gasteiger partial charge is 0.316 e. The number of sulfonamides is 1. The van der Waals surface area contributed by atoms with Crippen molar-refractivity contribution in [3.05, 3.63) is 24.0 Å². The molecule has 1 aromatic carbocycles. The molecular formula is C12H17FN2O4S2. The third kappa shape index (κ3) is 3.25. The van der Waals surface area contributed by atoms with Gasteiger partial charge in [-0.1, -0.05) is 0 Å². The number of benzene rings is 1. The van der Waals surface area contributed by atoms with Crippen LogP contribution in [0.3, 0.4) is 0 Å². The molecule has 0 saturated carbocycles. The van der Waals surface area contributed by atoms with E-state index in [9.17, 15) is 21.2 Å². The maximum absolute atomic E-state index is 13.8. The first-order valence-electron chi connectivity index (χ1n) is 6.33. The first-order chi connectivity index (χ1) is 9.66. The molecule has 1 aliphatic heterocycles. The van der Waals surface area contributed by atoms with Crippen molar-refractivity contribution >= 4 is 19.9 Å². The summed E-state index contributed by atoms with van der Waals surface area (Å²) in [5, 5.41) is 3.00. The maximum Gasteiger partial charge on any atom is 0.243 e. The van der Waals surface area contributed by atoms with Crippen LogP contribution in [0.5, 0.6) is 0 Å². The molecule has 1 saturated heterocycles. The maximum atomic E-state index is 13.8. The lowest BCUT2D eigenvalue weighted by molar-refractivity contribution is 0.463. The van der Waals surface area contributed by atoms with E-state index in [0.29, 0.717) is 19.5 Å². The molecule has 1 aliphatic rings. The Morgan fingerprint density at radius 3 is 2.43 bits per heavy atom. The van der Waals surface area contributed by atoms with E-state index in [1.54, 1.807) is 7.05 Å². The van der Waals surface area contributed by atoms with E-state index in [1.165, 1.54) is 4.31 Å². The molecular weight excluding hydrogens is 319 g/mol. The summed E-state index contributed by atoms with van der Waals surface area (Å²) in [6, 6.07) is 2.95. The number of hydrogen-bond donors (Lipinski definition) is 1. The standard InChI is InChI=1S/C12H17FN2O4S2/c1-14-9-5-6-15(8-9)21(18,19)10-3-4-12(11(13)7-10)20(2,16)17/h3-4,7,9,14H,5-6,8H2,1-2H3/t9-/m1/s1. The van der Waals surface area contributed by atoms with Gasteiger partial charge in [0.15, 0.2) is 9.84 Å². The topological polar surface area (TPSA) is 83.6 Å². The lowest BCUT2D eigenvalue weighted by Crippen LogP contribution is -2.33. The van der Waals surface area contributed by atoms with Gasteiger partial charge in [0, 0.05) is 25.4 Å². The molecule has 1 N–H and O–H groups in total. The minimum absolute atomic E-state index is 0.0694. The van der Waals surface area contributed by atoms with Crippen molar-refractivity contribution in [3.63, 3.8) is 0 Å². The highest BCUT2D eigenvalue weighted by Gasteiger charge is 2.32. The molecule has 0 bridgehead atoms. The van der Waals surface area contributed by atoms with Gasteiger partial charge in [-0.2, -0.15) is 4.31 Å². The molecule has 9 heteroatoms. The summed E-state index contributed by atoms with van der Waals surface area (Å²) in [7, 11) is -5.78. The van der Waals surface area contributed by atoms with Crippen molar-refractivity contribution in [2.75, 3.05) is 26.4 Å². The average Bonchev–Trinajstić information content (AvgIpc) is 2.86. The SMILES string of the molecule is CN[C@@H]1CCN(S(=O)(=O)c2ccc(S(C)(=O)=O)c(F)c2)C1. The molecule has 21 heavy (non-hydrogen) atoms. The molecule has 1 heterocycles. The van der Waals surface area contributed by atoms with E-state index >= 15 is 0 Å². The normalized spacial score (nSPS) is 20.8. The molecule has 2 rings (SSSR count). The van der Waals surface area contributed by atoms with Crippen LogP contribution in [0.2, 0.25) is 0 Å². The van der Waals surface area contributed by atoms with Gasteiger partial charge in [-0.3, -0.25) is 0 Å². The Hall–Kier alpha value is -1.03. The van der Waals surface area contributed by atoms with Crippen LogP contribution in [0.15, 0.2) is 28.0 Å². The number of hydrogen-bond acceptors (Lipinski definition) is 5. The van der Waals surface area contributed by atoms with Gasteiger partial charge < -0.3 is 5.32 Å². The number of nitrogens with one attached hydrogen (secondary N) is 1. The van der Waals surface area contributed by atoms with Crippen LogP contribution >= 0.6 is 0 Å². The van der Waals surface area contributed by atoms with Gasteiger partial charge >= 0.3 is 0 Å². The fourth-order valence-corrected chi connectivity index (χ4v) is 4.51. The molecule has 1 fully saturated rings. The van der Waals surface area contributed by atoms with Crippen molar-refractivity contribution < 1.29 is 21.2 Å². The van der Waals surface area contributed by atoms with E-state index in [1.807, 2.05) is 0 Å². The second-order valence-electron chi connectivity index (χ2n) is 5.00. The number of rotatable bonds is 4. The van der Waals surface area contributed by atoms with Gasteiger partial charge in [-0.25, -0.2) is 21.2 Å². The fraction of sp³-hybridized carbons (Fsp3) is 0.500. The van der Waals surface area contributed by atoms with Crippen LogP contribution < -0.4 is 5.32 Å². The Morgan fingerprint density at radius 2 is 1.95 bits per heavy atom. The van der Waals surface area contributed by atoms with E-state index in [0.717, 1.165) is 24.5 Å². The molecule has 0 aromatic heterocycles. The molecule has 118 valence electrons. The molecule has 0 spiro atoms. The summed E-state index contributed by atoms with van der Waals surface area (Å²) in [6.07, 6.45) is 1.55. The summed E-state index contributed by atoms with van der Waals surface area (Å²) in [4.78, 5) is -0.736. The van der Waals surface area contributed by atoms with Crippen LogP contribution in [0.1, 0.15) is 6.42 Å². The predicted molar refractivity (Wildman–Crippen MR) is 75.7 cm³/mol. The van der Waals surface area contributed by atoms with Crippen LogP contribution in [0.25, 0.3) is 0 Å². The first kappa shape index (κ1) is 16.3. The van der Waals surface area contributed by atoms with E-state index in [2.05, 4.69) is 5.32 Å². The van der Waals surface area contributed by atoms with Crippen molar-refractivity contribution in [1.29, 1.82) is 0 Å². The number of halogens is 1. The second-order valence-corrected chi connectivity index (χ2v) is 8.92. The zero-order chi connectivity index (χ0) is 15.8. The highest BCUT2D eigenvalue weighted by molar-refractivity contribution is 7.90. The van der Waals surface area contributed by atoms with Gasteiger partial charge in [0.25, 0.3) is 0 Å². The summed E-state index contributed by atoms with van der Waals surface area (Å²) in [5.74, 6) is -1.05. The molecule has 0 aliphatic carbocycles. The Labute approximate surface area is 123 Å². The van der Waals surface area contributed by atoms with Gasteiger partial charge in [-0.05, 0) is 31.7 Å². The highest BCUT2D eigenvalue weighted by atomic mass is 32.2. The smallest absolute Gasteiger partial charge is 0.243 e. The summed E-state index contributed by atoms with van der Waals surface area (Å²) < 4.78 is 62.6. The summed E-state index contributed by atoms with van der Waals surface area (Å²) >= 11 is 0. The van der Waals surface area contributed by atoms with Crippen molar-refractivity contribution in [2.45, 2.75) is 22.3 Å². The zero-order valence-corrected chi connectivity index (χ0v) is 13.3. The van der Waals surface area contributed by atoms with Crippen LogP contribution in [0.4, 0.5) is 4.39 Å². The quantitative estimate of drug-likeness (QED) is 0.850. The number of sulfone groups is 1. The summed E-state index contributed by atoms with van der Waals surface area (Å²) in [6.45, 7) is 0.664. The van der Waals surface area contributed by atoms with Crippen LogP contribution in [-0.4, -0.2) is 53.6 Å². The van der Waals surface area contributed by atoms with Gasteiger partial charge in [-0.15, -0.1) is 0 Å². The molecule has 1 aromatic rings. The Balaban J connectivity index is 2.36. The van der Waals surface area contributed by atoms with E-state index < -0.39 is 30.6 Å². The number of likely N-dealkylation sites (N-methyl/N-ethyl adjacent to an activating group) is 1. The van der Waals surface area contributed by atoms with Crippen molar-refractivity contribution in [3.8, 4) is 0 Å². The van der Waals surface area contributed by atoms with Gasteiger partial charge in [0.2, 0.25) is 10.0 Å². The molecule has 0 amide bonds. The van der Waals surface area contributed by atoms with Gasteiger partial charge in [0.05, 0.1) is 4.90 Å². The molecule has 0 unspecified atom stereocenters. The van der Waals surface area contributed by atoms with Gasteiger partial charge in [0.1, 0.15) is 10.7 Å². The Kier molecular flexibility index (Phi) is 4.39. The number of nitrogens with zero attached hydrogens (tertiary/aromatic N) is 1.